The number of nitrogens with one attached hydrogen (secondary N) is 1. The summed E-state index contributed by atoms with van der Waals surface area (Å²) in [6, 6.07) is 1.48. The van der Waals surface area contributed by atoms with Gasteiger partial charge in [0.15, 0.2) is 0 Å². The van der Waals surface area contributed by atoms with Crippen LogP contribution in [0.1, 0.15) is 46.5 Å². The Hall–Kier alpha value is -0.0800. The summed E-state index contributed by atoms with van der Waals surface area (Å²) in [7, 11) is 0. The highest BCUT2D eigenvalue weighted by Crippen LogP contribution is 2.11. The van der Waals surface area contributed by atoms with Gasteiger partial charge in [-0.2, -0.15) is 0 Å². The summed E-state index contributed by atoms with van der Waals surface area (Å²) < 4.78 is 0. The summed E-state index contributed by atoms with van der Waals surface area (Å²) in [5.41, 5.74) is 0. The Kier molecular flexibility index (Phi) is 5.49. The Morgan fingerprint density at radius 2 is 1.93 bits per heavy atom. The molecule has 0 aromatic heterocycles. The Labute approximate surface area is 89.1 Å². The monoisotopic (exact) mass is 198 g/mol. The van der Waals surface area contributed by atoms with Gasteiger partial charge in [0.25, 0.3) is 0 Å². The zero-order valence-corrected chi connectivity index (χ0v) is 10.1. The molecule has 1 saturated heterocycles. The van der Waals surface area contributed by atoms with Crippen LogP contribution >= 0.6 is 0 Å². The summed E-state index contributed by atoms with van der Waals surface area (Å²) in [5.74, 6) is 0. The molecular weight excluding hydrogens is 172 g/mol. The molecule has 0 amide bonds. The maximum Gasteiger partial charge on any atom is 0.00938 e. The zero-order valence-electron chi connectivity index (χ0n) is 10.1. The van der Waals surface area contributed by atoms with Crippen molar-refractivity contribution < 1.29 is 0 Å². The second kappa shape index (κ2) is 6.41. The molecule has 1 fully saturated rings. The van der Waals surface area contributed by atoms with E-state index in [9.17, 15) is 0 Å². The van der Waals surface area contributed by atoms with Gasteiger partial charge >= 0.3 is 0 Å². The molecule has 2 nitrogen and oxygen atoms in total. The highest BCUT2D eigenvalue weighted by molar-refractivity contribution is 4.78. The Morgan fingerprint density at radius 1 is 1.29 bits per heavy atom. The van der Waals surface area contributed by atoms with Crippen LogP contribution in [0.3, 0.4) is 0 Å². The molecule has 1 aliphatic heterocycles. The Bertz CT molecular complexity index is 139. The lowest BCUT2D eigenvalue weighted by Gasteiger charge is -2.33. The summed E-state index contributed by atoms with van der Waals surface area (Å²) >= 11 is 0. The SMILES string of the molecule is CCCC(C)NC1CCN(CC)CC1. The van der Waals surface area contributed by atoms with Gasteiger partial charge in [-0.3, -0.25) is 0 Å². The fourth-order valence-corrected chi connectivity index (χ4v) is 2.33. The van der Waals surface area contributed by atoms with E-state index in [1.54, 1.807) is 0 Å². The first-order chi connectivity index (χ1) is 6.76. The Morgan fingerprint density at radius 3 is 2.43 bits per heavy atom. The van der Waals surface area contributed by atoms with Gasteiger partial charge in [0.2, 0.25) is 0 Å². The third kappa shape index (κ3) is 3.97. The fourth-order valence-electron chi connectivity index (χ4n) is 2.33. The zero-order chi connectivity index (χ0) is 10.4. The minimum atomic E-state index is 0.707. The van der Waals surface area contributed by atoms with Gasteiger partial charge in [-0.25, -0.2) is 0 Å². The molecule has 0 aliphatic carbocycles. The average molecular weight is 198 g/mol. The van der Waals surface area contributed by atoms with Crippen molar-refractivity contribution in [3.05, 3.63) is 0 Å². The van der Waals surface area contributed by atoms with Crippen LogP contribution in [0.15, 0.2) is 0 Å². The highest BCUT2D eigenvalue weighted by atomic mass is 15.1. The average Bonchev–Trinajstić information content (AvgIpc) is 2.19. The van der Waals surface area contributed by atoms with Gasteiger partial charge in [0.05, 0.1) is 0 Å². The van der Waals surface area contributed by atoms with E-state index < -0.39 is 0 Å². The lowest BCUT2D eigenvalue weighted by molar-refractivity contribution is 0.199. The van der Waals surface area contributed by atoms with Gasteiger partial charge in [-0.05, 0) is 45.8 Å². The fraction of sp³-hybridized carbons (Fsp3) is 1.00. The predicted molar refractivity (Wildman–Crippen MR) is 62.6 cm³/mol. The van der Waals surface area contributed by atoms with Crippen LogP contribution < -0.4 is 5.32 Å². The van der Waals surface area contributed by atoms with E-state index in [0.29, 0.717) is 6.04 Å². The molecule has 0 radical (unpaired) electrons. The van der Waals surface area contributed by atoms with Gasteiger partial charge < -0.3 is 10.2 Å². The van der Waals surface area contributed by atoms with E-state index in [4.69, 9.17) is 0 Å². The maximum atomic E-state index is 3.74. The van der Waals surface area contributed by atoms with E-state index in [0.717, 1.165) is 6.04 Å². The lowest BCUT2D eigenvalue weighted by Crippen LogP contribution is -2.45. The number of likely N-dealkylation sites (tertiary alicyclic amines) is 1. The maximum absolute atomic E-state index is 3.74. The second-order valence-corrected chi connectivity index (χ2v) is 4.56. The van der Waals surface area contributed by atoms with Crippen LogP contribution in [0.2, 0.25) is 0 Å². The third-order valence-corrected chi connectivity index (χ3v) is 3.28. The van der Waals surface area contributed by atoms with Gasteiger partial charge in [0, 0.05) is 12.1 Å². The lowest BCUT2D eigenvalue weighted by atomic mass is 10.0. The van der Waals surface area contributed by atoms with Crippen molar-refractivity contribution >= 4 is 0 Å². The third-order valence-electron chi connectivity index (χ3n) is 3.28. The number of hydrogen-bond acceptors (Lipinski definition) is 2. The highest BCUT2D eigenvalue weighted by Gasteiger charge is 2.18. The summed E-state index contributed by atoms with van der Waals surface area (Å²) in [6.45, 7) is 10.6. The Balaban J connectivity index is 2.15. The van der Waals surface area contributed by atoms with Crippen molar-refractivity contribution in [1.82, 2.24) is 10.2 Å². The minimum Gasteiger partial charge on any atom is -0.311 e. The smallest absolute Gasteiger partial charge is 0.00938 e. The van der Waals surface area contributed by atoms with E-state index in [1.807, 2.05) is 0 Å². The molecule has 1 atom stereocenters. The summed E-state index contributed by atoms with van der Waals surface area (Å²) in [4.78, 5) is 2.54. The normalized spacial score (nSPS) is 22.5. The number of rotatable bonds is 5. The number of nitrogens with zero attached hydrogens (tertiary/aromatic N) is 1. The van der Waals surface area contributed by atoms with Crippen LogP contribution in [0.5, 0.6) is 0 Å². The molecule has 1 N–H and O–H groups in total. The quantitative estimate of drug-likeness (QED) is 0.729. The molecule has 2 heteroatoms. The van der Waals surface area contributed by atoms with Crippen LogP contribution in [-0.2, 0) is 0 Å². The van der Waals surface area contributed by atoms with Gasteiger partial charge in [0.1, 0.15) is 0 Å². The number of piperidine rings is 1. The van der Waals surface area contributed by atoms with E-state index in [2.05, 4.69) is 31.0 Å². The van der Waals surface area contributed by atoms with Crippen molar-refractivity contribution in [2.24, 2.45) is 0 Å². The first-order valence-corrected chi connectivity index (χ1v) is 6.24. The molecule has 84 valence electrons. The second-order valence-electron chi connectivity index (χ2n) is 4.56. The summed E-state index contributed by atoms with van der Waals surface area (Å²) in [5, 5.41) is 3.74. The van der Waals surface area contributed by atoms with E-state index in [-0.39, 0.29) is 0 Å². The van der Waals surface area contributed by atoms with Crippen LogP contribution in [0, 0.1) is 0 Å². The standard InChI is InChI=1S/C12H26N2/c1-4-6-11(3)13-12-7-9-14(5-2)10-8-12/h11-13H,4-10H2,1-3H3. The number of hydrogen-bond donors (Lipinski definition) is 1. The van der Waals surface area contributed by atoms with Gasteiger partial charge in [-0.1, -0.05) is 20.3 Å². The molecular formula is C12H26N2. The molecule has 14 heavy (non-hydrogen) atoms. The molecule has 1 unspecified atom stereocenters. The molecule has 0 bridgehead atoms. The topological polar surface area (TPSA) is 15.3 Å². The predicted octanol–water partition coefficient (Wildman–Crippen LogP) is 2.25. The van der Waals surface area contributed by atoms with Crippen molar-refractivity contribution in [3.8, 4) is 0 Å². The summed E-state index contributed by atoms with van der Waals surface area (Å²) in [6.07, 6.45) is 5.28. The van der Waals surface area contributed by atoms with Crippen LogP contribution in [0.4, 0.5) is 0 Å². The van der Waals surface area contributed by atoms with Crippen molar-refractivity contribution in [3.63, 3.8) is 0 Å². The molecule has 0 aromatic rings. The molecule has 0 saturated carbocycles. The first-order valence-electron chi connectivity index (χ1n) is 6.24. The van der Waals surface area contributed by atoms with E-state index >= 15 is 0 Å². The molecule has 1 rings (SSSR count). The van der Waals surface area contributed by atoms with Crippen LogP contribution in [-0.4, -0.2) is 36.6 Å². The van der Waals surface area contributed by atoms with Crippen molar-refractivity contribution in [2.75, 3.05) is 19.6 Å². The first kappa shape index (κ1) is 12.0. The molecule has 1 heterocycles. The van der Waals surface area contributed by atoms with Crippen molar-refractivity contribution in [1.29, 1.82) is 0 Å². The van der Waals surface area contributed by atoms with Crippen molar-refractivity contribution in [2.45, 2.75) is 58.5 Å². The minimum absolute atomic E-state index is 0.707. The molecule has 1 aliphatic rings. The largest absolute Gasteiger partial charge is 0.311 e. The van der Waals surface area contributed by atoms with E-state index in [1.165, 1.54) is 45.3 Å². The molecule has 0 aromatic carbocycles. The van der Waals surface area contributed by atoms with Gasteiger partial charge in [-0.15, -0.1) is 0 Å². The molecule has 0 spiro atoms. The van der Waals surface area contributed by atoms with Crippen LogP contribution in [0.25, 0.3) is 0 Å².